The molecule has 0 saturated carbocycles. The van der Waals surface area contributed by atoms with Gasteiger partial charge in [-0.05, 0) is 50.0 Å². The quantitative estimate of drug-likeness (QED) is 0.320. The Balaban J connectivity index is 2.11. The summed E-state index contributed by atoms with van der Waals surface area (Å²) in [6.07, 6.45) is 11.6. The molecule has 2 rings (SSSR count). The van der Waals surface area contributed by atoms with Crippen LogP contribution in [0, 0.1) is 17.8 Å². The predicted octanol–water partition coefficient (Wildman–Crippen LogP) is 3.16. The minimum absolute atomic E-state index is 0.0260. The number of Topliss-reactive ketones (excluding diaryl/α,β-unsaturated/α-hetero) is 1. The van der Waals surface area contributed by atoms with Crippen molar-refractivity contribution in [3.8, 4) is 0 Å². The highest BCUT2D eigenvalue weighted by Crippen LogP contribution is 2.25. The van der Waals surface area contributed by atoms with Gasteiger partial charge in [-0.25, -0.2) is 4.79 Å². The summed E-state index contributed by atoms with van der Waals surface area (Å²) in [5.41, 5.74) is 7.21. The van der Waals surface area contributed by atoms with Gasteiger partial charge in [-0.1, -0.05) is 38.2 Å². The Morgan fingerprint density at radius 1 is 1.20 bits per heavy atom. The van der Waals surface area contributed by atoms with Crippen LogP contribution in [0.2, 0.25) is 0 Å². The summed E-state index contributed by atoms with van der Waals surface area (Å²) < 4.78 is 11.3. The molecule has 0 aromatic heterocycles. The summed E-state index contributed by atoms with van der Waals surface area (Å²) in [7, 11) is 1.63. The molecule has 0 aliphatic carbocycles. The minimum atomic E-state index is -0.712. The molecule has 1 unspecified atom stereocenters. The number of amides is 2. The molecule has 0 bridgehead atoms. The summed E-state index contributed by atoms with van der Waals surface area (Å²) in [5, 5.41) is 2.30. The number of allylic oxidation sites excluding steroid dienone is 2. The lowest BCUT2D eigenvalue weighted by Crippen LogP contribution is -2.40. The van der Waals surface area contributed by atoms with Crippen molar-refractivity contribution in [3.05, 3.63) is 36.0 Å². The molecule has 0 spiro atoms. The van der Waals surface area contributed by atoms with Crippen LogP contribution in [0.5, 0.6) is 0 Å². The van der Waals surface area contributed by atoms with Gasteiger partial charge in [0.15, 0.2) is 0 Å². The zero-order valence-corrected chi connectivity index (χ0v) is 21.3. The molecule has 35 heavy (non-hydrogen) atoms. The fraction of sp³-hybridized carbons (Fsp3) is 0.630. The number of carbonyl (C=O) groups is 4. The van der Waals surface area contributed by atoms with Gasteiger partial charge in [-0.3, -0.25) is 19.7 Å². The smallest absolute Gasteiger partial charge is 0.331 e. The number of imide groups is 1. The summed E-state index contributed by atoms with van der Waals surface area (Å²) in [6, 6.07) is -0.303. The van der Waals surface area contributed by atoms with Crippen LogP contribution in [0.15, 0.2) is 36.0 Å². The lowest BCUT2D eigenvalue weighted by atomic mass is 9.86. The summed E-state index contributed by atoms with van der Waals surface area (Å²) in [6.45, 7) is 5.60. The molecule has 8 nitrogen and oxygen atoms in total. The first-order chi connectivity index (χ1) is 16.6. The van der Waals surface area contributed by atoms with E-state index in [0.29, 0.717) is 32.1 Å². The van der Waals surface area contributed by atoms with E-state index in [1.54, 1.807) is 20.1 Å². The Kier molecular flexibility index (Phi) is 11.5. The van der Waals surface area contributed by atoms with Gasteiger partial charge >= 0.3 is 5.97 Å². The van der Waals surface area contributed by atoms with Crippen LogP contribution in [0.1, 0.15) is 65.7 Å². The molecular formula is C27H40N2O6. The standard InChI is InChI=1S/C27H40N2O6/c1-17-14-18(2)27(35-25(33)13-8-6-5-7-12-22(34-4)26(17)28)19(3)21(30)11-9-10-20-15-23(31)29-24(32)16-20/h7-8,12-14,17,19-20,22,26-27H,5-6,9-11,15-16,28H2,1-4H3,(H,29,31,32)/b12-7+,13-8+,18-14-/t17-,19-,22+,26+,27?/m1/s1. The fourth-order valence-corrected chi connectivity index (χ4v) is 4.66. The predicted molar refractivity (Wildman–Crippen MR) is 133 cm³/mol. The topological polar surface area (TPSA) is 125 Å². The highest BCUT2D eigenvalue weighted by atomic mass is 16.5. The SMILES string of the molecule is CO[C@H]1/C=C/CC/C=C/C(=O)OC([C@H](C)C(=O)CCCC2CC(=O)NC(=O)C2)/C(C)=C\[C@@H](C)[C@@H]1N. The molecule has 194 valence electrons. The lowest BCUT2D eigenvalue weighted by Gasteiger charge is -2.28. The van der Waals surface area contributed by atoms with Crippen LogP contribution < -0.4 is 11.1 Å². The molecule has 5 atom stereocenters. The highest BCUT2D eigenvalue weighted by molar-refractivity contribution is 5.97. The van der Waals surface area contributed by atoms with Crippen molar-refractivity contribution in [2.45, 2.75) is 84.0 Å². The maximum Gasteiger partial charge on any atom is 0.331 e. The normalized spacial score (nSPS) is 31.3. The number of rotatable bonds is 7. The second-order valence-corrected chi connectivity index (χ2v) is 9.71. The zero-order chi connectivity index (χ0) is 26.0. The van der Waals surface area contributed by atoms with Gasteiger partial charge in [0.2, 0.25) is 11.8 Å². The first-order valence-electron chi connectivity index (χ1n) is 12.5. The fourth-order valence-electron chi connectivity index (χ4n) is 4.66. The highest BCUT2D eigenvalue weighted by Gasteiger charge is 2.30. The molecule has 0 aromatic carbocycles. The number of cyclic esters (lactones) is 1. The van der Waals surface area contributed by atoms with Crippen LogP contribution in [0.3, 0.4) is 0 Å². The Morgan fingerprint density at radius 3 is 2.51 bits per heavy atom. The van der Waals surface area contributed by atoms with Crippen molar-refractivity contribution in [1.29, 1.82) is 0 Å². The second-order valence-electron chi connectivity index (χ2n) is 9.71. The van der Waals surface area contributed by atoms with Crippen LogP contribution in [-0.4, -0.2) is 48.9 Å². The third kappa shape index (κ3) is 9.18. The van der Waals surface area contributed by atoms with E-state index < -0.39 is 18.0 Å². The Labute approximate surface area is 208 Å². The van der Waals surface area contributed by atoms with E-state index in [2.05, 4.69) is 5.32 Å². The van der Waals surface area contributed by atoms with Gasteiger partial charge in [0.1, 0.15) is 11.9 Å². The third-order valence-corrected chi connectivity index (χ3v) is 6.78. The van der Waals surface area contributed by atoms with E-state index in [9.17, 15) is 19.2 Å². The van der Waals surface area contributed by atoms with E-state index in [1.165, 1.54) is 6.08 Å². The molecule has 0 aromatic rings. The van der Waals surface area contributed by atoms with Crippen LogP contribution in [-0.2, 0) is 28.7 Å². The number of ether oxygens (including phenoxy) is 2. The lowest BCUT2D eigenvalue weighted by molar-refractivity contribution is -0.145. The van der Waals surface area contributed by atoms with E-state index >= 15 is 0 Å². The van der Waals surface area contributed by atoms with Crippen molar-refractivity contribution >= 4 is 23.6 Å². The monoisotopic (exact) mass is 488 g/mol. The van der Waals surface area contributed by atoms with Gasteiger partial charge in [-0.2, -0.15) is 0 Å². The van der Waals surface area contributed by atoms with Gasteiger partial charge in [0.05, 0.1) is 12.0 Å². The molecule has 2 aliphatic heterocycles. The third-order valence-electron chi connectivity index (χ3n) is 6.78. The van der Waals surface area contributed by atoms with Crippen molar-refractivity contribution in [2.24, 2.45) is 23.5 Å². The number of nitrogens with one attached hydrogen (secondary N) is 1. The number of esters is 1. The van der Waals surface area contributed by atoms with Crippen LogP contribution >= 0.6 is 0 Å². The first-order valence-corrected chi connectivity index (χ1v) is 12.5. The number of ketones is 1. The molecule has 8 heteroatoms. The van der Waals surface area contributed by atoms with E-state index in [0.717, 1.165) is 12.0 Å². The maximum atomic E-state index is 13.0. The van der Waals surface area contributed by atoms with Gasteiger partial charge in [0.25, 0.3) is 0 Å². The molecule has 1 fully saturated rings. The number of carbonyl (C=O) groups excluding carboxylic acids is 4. The molecule has 2 amide bonds. The van der Waals surface area contributed by atoms with E-state index in [-0.39, 0.29) is 48.0 Å². The number of hydrogen-bond donors (Lipinski definition) is 2. The van der Waals surface area contributed by atoms with Gasteiger partial charge in [-0.15, -0.1) is 0 Å². The van der Waals surface area contributed by atoms with Gasteiger partial charge < -0.3 is 15.2 Å². The number of piperidine rings is 1. The first kappa shape index (κ1) is 28.7. The van der Waals surface area contributed by atoms with E-state index in [4.69, 9.17) is 15.2 Å². The summed E-state index contributed by atoms with van der Waals surface area (Å²) >= 11 is 0. The average molecular weight is 489 g/mol. The Morgan fingerprint density at radius 2 is 1.86 bits per heavy atom. The number of methoxy groups -OCH3 is 1. The molecule has 3 N–H and O–H groups in total. The van der Waals surface area contributed by atoms with Crippen molar-refractivity contribution in [2.75, 3.05) is 7.11 Å². The van der Waals surface area contributed by atoms with Crippen molar-refractivity contribution in [3.63, 3.8) is 0 Å². The van der Waals surface area contributed by atoms with Gasteiger partial charge in [0, 0.05) is 38.5 Å². The molecule has 0 radical (unpaired) electrons. The Bertz CT molecular complexity index is 846. The largest absolute Gasteiger partial charge is 0.454 e. The minimum Gasteiger partial charge on any atom is -0.454 e. The molecule has 1 saturated heterocycles. The number of hydrogen-bond acceptors (Lipinski definition) is 7. The Hall–Kier alpha value is -2.58. The van der Waals surface area contributed by atoms with Crippen molar-refractivity contribution < 1.29 is 28.7 Å². The average Bonchev–Trinajstić information content (AvgIpc) is 2.79. The second kappa shape index (κ2) is 14.1. The van der Waals surface area contributed by atoms with E-state index in [1.807, 2.05) is 32.1 Å². The van der Waals surface area contributed by atoms with Crippen molar-refractivity contribution in [1.82, 2.24) is 5.32 Å². The van der Waals surface area contributed by atoms with Crippen LogP contribution in [0.4, 0.5) is 0 Å². The zero-order valence-electron chi connectivity index (χ0n) is 21.3. The summed E-state index contributed by atoms with van der Waals surface area (Å²) in [5.74, 6) is -1.70. The molecule has 2 aliphatic rings. The molecular weight excluding hydrogens is 448 g/mol. The number of nitrogens with two attached hydrogens (primary N) is 1. The maximum absolute atomic E-state index is 13.0. The molecule has 2 heterocycles. The van der Waals surface area contributed by atoms with Crippen LogP contribution in [0.25, 0.3) is 0 Å². The summed E-state index contributed by atoms with van der Waals surface area (Å²) in [4.78, 5) is 48.7.